The first kappa shape index (κ1) is 48.1. The van der Waals surface area contributed by atoms with Gasteiger partial charge in [0.05, 0.1) is 54.6 Å². The lowest BCUT2D eigenvalue weighted by molar-refractivity contribution is -0.160. The minimum atomic E-state index is -2.11. The number of Topliss-reactive ketones (excluding diaryl/α,β-unsaturated/α-hetero) is 1. The second kappa shape index (κ2) is 19.6. The van der Waals surface area contributed by atoms with E-state index in [2.05, 4.69) is 20.6 Å². The Labute approximate surface area is 364 Å². The van der Waals surface area contributed by atoms with Crippen molar-refractivity contribution in [2.75, 3.05) is 19.5 Å². The number of aromatic amines is 1. The van der Waals surface area contributed by atoms with Crippen molar-refractivity contribution in [1.82, 2.24) is 15.3 Å². The number of hydrogen-bond acceptors (Lipinski definition) is 16. The molecule has 8 N–H and O–H groups in total. The van der Waals surface area contributed by atoms with Crippen LogP contribution in [0.4, 0.5) is 5.69 Å². The minimum absolute atomic E-state index is 0.00255. The number of phenols is 3. The molecule has 1 aromatic heterocycles. The van der Waals surface area contributed by atoms with Crippen LogP contribution in [-0.2, 0) is 46.3 Å². The van der Waals surface area contributed by atoms with Gasteiger partial charge in [0.15, 0.2) is 5.75 Å². The van der Waals surface area contributed by atoms with Crippen LogP contribution in [0.25, 0.3) is 10.8 Å². The Morgan fingerprint density at radius 1 is 0.968 bits per heavy atom. The molecule has 0 radical (unpaired) electrons. The number of carbonyl (C=O) groups is 4. The van der Waals surface area contributed by atoms with E-state index >= 15 is 0 Å². The molecule has 0 unspecified atom stereocenters. The van der Waals surface area contributed by atoms with E-state index in [0.717, 1.165) is 0 Å². The number of hydrogen-bond donors (Lipinski definition) is 8. The summed E-state index contributed by atoms with van der Waals surface area (Å²) in [6.45, 7) is 11.9. The molecule has 0 fully saturated rings. The number of ketones is 1. The number of esters is 2. The van der Waals surface area contributed by atoms with Crippen molar-refractivity contribution in [1.29, 1.82) is 0 Å². The molecule has 63 heavy (non-hydrogen) atoms. The number of allylic oxidation sites excluding steroid dienone is 2. The molecule has 3 aliphatic rings. The molecule has 10 atom stereocenters. The molecule has 1 amide bonds. The Morgan fingerprint density at radius 3 is 2.29 bits per heavy atom. The monoisotopic (exact) mass is 878 g/mol. The number of rotatable bonds is 8. The average Bonchev–Trinajstić information content (AvgIpc) is 3.86. The summed E-state index contributed by atoms with van der Waals surface area (Å²) in [6, 6.07) is -1.04. The maximum atomic E-state index is 14.5. The molecule has 0 aliphatic carbocycles. The summed E-state index contributed by atoms with van der Waals surface area (Å²) < 4.78 is 28.6. The maximum absolute atomic E-state index is 14.5. The highest BCUT2D eigenvalue weighted by Gasteiger charge is 2.50. The summed E-state index contributed by atoms with van der Waals surface area (Å²) in [5.74, 6) is -9.66. The number of ether oxygens (including phenoxy) is 5. The maximum Gasteiger partial charge on any atom is 0.323 e. The Balaban J connectivity index is 1.71. The third kappa shape index (κ3) is 9.68. The Hall–Kier alpha value is -5.95. The number of aromatic hydroxyl groups is 3. The second-order valence-electron chi connectivity index (χ2n) is 16.4. The molecule has 2 aromatic carbocycles. The summed E-state index contributed by atoms with van der Waals surface area (Å²) >= 11 is 0. The van der Waals surface area contributed by atoms with Crippen LogP contribution in [0.1, 0.15) is 75.6 Å². The number of carbonyl (C=O) groups excluding carboxylic acids is 4. The zero-order valence-electron chi connectivity index (χ0n) is 37.0. The normalized spacial score (nSPS) is 29.2. The van der Waals surface area contributed by atoms with E-state index in [1.54, 1.807) is 39.8 Å². The summed E-state index contributed by atoms with van der Waals surface area (Å²) in [5, 5.41) is 63.7. The highest BCUT2D eigenvalue weighted by Crippen LogP contribution is 2.55. The number of aliphatic hydroxyl groups is 2. The lowest BCUT2D eigenvalue weighted by Crippen LogP contribution is -2.46. The van der Waals surface area contributed by atoms with Crippen LogP contribution in [0.3, 0.4) is 0 Å². The first-order chi connectivity index (χ1) is 29.7. The second-order valence-corrected chi connectivity index (χ2v) is 16.4. The number of benzene rings is 2. The van der Waals surface area contributed by atoms with Gasteiger partial charge in [-0.15, -0.1) is 0 Å². The van der Waals surface area contributed by atoms with Gasteiger partial charge in [-0.05, 0) is 19.9 Å². The number of anilines is 1. The van der Waals surface area contributed by atoms with Crippen molar-refractivity contribution in [2.24, 2.45) is 23.7 Å². The van der Waals surface area contributed by atoms with Gasteiger partial charge >= 0.3 is 17.7 Å². The third-order valence-corrected chi connectivity index (χ3v) is 12.1. The van der Waals surface area contributed by atoms with E-state index in [0.29, 0.717) is 5.69 Å². The van der Waals surface area contributed by atoms with E-state index in [4.69, 9.17) is 23.7 Å². The van der Waals surface area contributed by atoms with Gasteiger partial charge in [0, 0.05) is 91.6 Å². The molecular formula is C45H58N4O14. The van der Waals surface area contributed by atoms with Crippen molar-refractivity contribution >= 4 is 40.1 Å². The quantitative estimate of drug-likeness (QED) is 0.0888. The van der Waals surface area contributed by atoms with Gasteiger partial charge in [0.25, 0.3) is 11.7 Å². The van der Waals surface area contributed by atoms with Gasteiger partial charge in [-0.2, -0.15) is 0 Å². The van der Waals surface area contributed by atoms with Crippen LogP contribution in [-0.4, -0.2) is 110 Å². The van der Waals surface area contributed by atoms with Gasteiger partial charge in [-0.1, -0.05) is 45.9 Å². The zero-order valence-corrected chi connectivity index (χ0v) is 37.0. The van der Waals surface area contributed by atoms with E-state index in [-0.39, 0.29) is 50.9 Å². The van der Waals surface area contributed by atoms with E-state index < -0.39 is 107 Å². The highest BCUT2D eigenvalue weighted by molar-refractivity contribution is 6.22. The molecule has 0 saturated heterocycles. The van der Waals surface area contributed by atoms with Crippen LogP contribution in [0, 0.1) is 30.6 Å². The number of amides is 1. The highest BCUT2D eigenvalue weighted by atomic mass is 16.7. The molecular weight excluding hydrogens is 821 g/mol. The Bertz CT molecular complexity index is 2310. The molecule has 5 bridgehead atoms. The summed E-state index contributed by atoms with van der Waals surface area (Å²) in [7, 11) is 2.61. The molecule has 6 rings (SSSR count). The largest absolute Gasteiger partial charge is 0.507 e. The van der Waals surface area contributed by atoms with Crippen LogP contribution < -0.4 is 15.4 Å². The molecule has 18 nitrogen and oxygen atoms in total. The molecule has 342 valence electrons. The molecule has 0 spiro atoms. The Kier molecular flexibility index (Phi) is 15.0. The molecule has 18 heteroatoms. The summed E-state index contributed by atoms with van der Waals surface area (Å²) in [4.78, 5) is 60.6. The van der Waals surface area contributed by atoms with Crippen molar-refractivity contribution in [3.05, 3.63) is 71.0 Å². The van der Waals surface area contributed by atoms with Gasteiger partial charge in [-0.25, -0.2) is 4.98 Å². The van der Waals surface area contributed by atoms with Crippen molar-refractivity contribution in [3.8, 4) is 23.0 Å². The van der Waals surface area contributed by atoms with Crippen LogP contribution >= 0.6 is 0 Å². The first-order valence-electron chi connectivity index (χ1n) is 20.5. The van der Waals surface area contributed by atoms with Crippen LogP contribution in [0.5, 0.6) is 23.0 Å². The smallest absolute Gasteiger partial charge is 0.323 e. The van der Waals surface area contributed by atoms with Gasteiger partial charge < -0.3 is 59.5 Å². The number of H-pyrrole nitrogens is 1. The standard InChI is InChI=1S/C45H58N4O14/c1-20-12-11-13-21(2)43(57)49-34-28(18-47-29(44(58)60-10)16-27-17-46-19-48-27)38(54)31-32(39(34)55)37(53)25(6)41-33(31)42(56)45(8,63-41)61-15-14-30(59-9)22(3)40(62-26(7)50)24(5)36(52)23(4)35(20)51/h11-15,17,19-20,22-24,29-30,35-36,40,47,51-55H,16,18H2,1-10H3,(H,46,48)(H,49,57)/b12-11+,15-14+,21-13-/t20-,22+,23+,24+,29-,30-,35-,36+,40+,45-/m0/s1. The average molecular weight is 879 g/mol. The van der Waals surface area contributed by atoms with E-state index in [1.165, 1.54) is 72.9 Å². The van der Waals surface area contributed by atoms with Crippen LogP contribution in [0.15, 0.2) is 48.7 Å². The zero-order chi connectivity index (χ0) is 46.7. The molecule has 3 aliphatic heterocycles. The number of nitrogens with zero attached hydrogens (tertiary/aromatic N) is 1. The number of fused-ring (bicyclic) bond motifs is 14. The fourth-order valence-electron chi connectivity index (χ4n) is 8.18. The number of aromatic nitrogens is 2. The number of aliphatic hydroxyl groups excluding tert-OH is 2. The van der Waals surface area contributed by atoms with E-state index in [1.807, 2.05) is 0 Å². The SMILES string of the molecule is COC(=O)[C@H](Cc1cnc[nH]1)NCc1c2c(O)c3c(O)c(C)c4c(c3c1O)C(=O)[C@@](C)(O/C=C/[C@H](OC)[C@@H](C)[C@@H](OC(C)=O)[C@H](C)[C@H](O)[C@H](C)[C@@H](O)[C@@H](C)/C=C/C=C(/C)C(=O)N2)O4. The summed E-state index contributed by atoms with van der Waals surface area (Å²) in [5.41, 5.74) is -0.0870. The Morgan fingerprint density at radius 2 is 1.67 bits per heavy atom. The fourth-order valence-corrected chi connectivity index (χ4v) is 8.18. The topological polar surface area (TPSA) is 268 Å². The number of imidazole rings is 1. The molecule has 0 saturated carbocycles. The lowest BCUT2D eigenvalue weighted by Gasteiger charge is -2.38. The number of methoxy groups -OCH3 is 2. The van der Waals surface area contributed by atoms with Crippen molar-refractivity contribution in [3.63, 3.8) is 0 Å². The predicted molar refractivity (Wildman–Crippen MR) is 229 cm³/mol. The number of nitrogens with one attached hydrogen (secondary N) is 3. The summed E-state index contributed by atoms with van der Waals surface area (Å²) in [6.07, 6.45) is 6.26. The van der Waals surface area contributed by atoms with E-state index in [9.17, 15) is 44.7 Å². The van der Waals surface area contributed by atoms with Crippen LogP contribution in [0.2, 0.25) is 0 Å². The van der Waals surface area contributed by atoms with Gasteiger partial charge in [-0.3, -0.25) is 24.5 Å². The van der Waals surface area contributed by atoms with Crippen molar-refractivity contribution < 1.29 is 68.4 Å². The number of phenolic OH excluding ortho intramolecular Hbond substituents is 3. The molecule has 3 aromatic rings. The predicted octanol–water partition coefficient (Wildman–Crippen LogP) is 4.35. The minimum Gasteiger partial charge on any atom is -0.507 e. The van der Waals surface area contributed by atoms with Crippen molar-refractivity contribution in [2.45, 2.75) is 105 Å². The molecule has 4 heterocycles. The van der Waals surface area contributed by atoms with Gasteiger partial charge in [0.2, 0.25) is 0 Å². The lowest BCUT2D eigenvalue weighted by atomic mass is 9.78. The fraction of sp³-hybridized carbons (Fsp3) is 0.489. The third-order valence-electron chi connectivity index (χ3n) is 12.1. The first-order valence-corrected chi connectivity index (χ1v) is 20.5. The van der Waals surface area contributed by atoms with Gasteiger partial charge in [0.1, 0.15) is 29.4 Å².